The Kier molecular flexibility index (Phi) is 4.89. The predicted molar refractivity (Wildman–Crippen MR) is 123 cm³/mol. The molecule has 0 radical (unpaired) electrons. The quantitative estimate of drug-likeness (QED) is 0.710. The molecule has 4 aliphatic rings. The van der Waals surface area contributed by atoms with E-state index >= 15 is 0 Å². The maximum Gasteiger partial charge on any atom is 0.258 e. The molecule has 1 aliphatic carbocycles. The van der Waals surface area contributed by atoms with Gasteiger partial charge in [-0.1, -0.05) is 24.6 Å². The van der Waals surface area contributed by atoms with Gasteiger partial charge in [0.1, 0.15) is 5.82 Å². The first-order valence-electron chi connectivity index (χ1n) is 12.3. The van der Waals surface area contributed by atoms with Gasteiger partial charge in [0.15, 0.2) is 0 Å². The van der Waals surface area contributed by atoms with Crippen LogP contribution in [0.1, 0.15) is 59.5 Å². The number of nitrogens with zero attached hydrogens (tertiary/aromatic N) is 4. The fourth-order valence-electron chi connectivity index (χ4n) is 5.97. The minimum absolute atomic E-state index is 0.0189. The van der Waals surface area contributed by atoms with Gasteiger partial charge < -0.3 is 9.80 Å². The average molecular weight is 447 g/mol. The van der Waals surface area contributed by atoms with Crippen LogP contribution >= 0.6 is 0 Å². The van der Waals surface area contributed by atoms with Gasteiger partial charge in [-0.3, -0.25) is 19.0 Å². The van der Waals surface area contributed by atoms with Crippen LogP contribution in [0.2, 0.25) is 0 Å². The molecule has 2 amide bonds. The molecule has 7 heteroatoms. The molecule has 6 rings (SSSR count). The van der Waals surface area contributed by atoms with Gasteiger partial charge in [0.2, 0.25) is 5.91 Å². The second-order valence-electron chi connectivity index (χ2n) is 10.3. The van der Waals surface area contributed by atoms with E-state index in [1.54, 1.807) is 4.90 Å². The standard InChI is InChI=1S/C26H30N4O3/c31-23(19-7-4-8-19)28-13-10-26(11-14-28)15-22-27-21-9-12-29(16-20(21)25(33)30(22)17-26)24(32)18-5-2-1-3-6-18/h1-3,5-6,19H,4,7-17H2. The number of fused-ring (bicyclic) bond motifs is 2. The van der Waals surface area contributed by atoms with Crippen molar-refractivity contribution in [2.45, 2.75) is 58.0 Å². The van der Waals surface area contributed by atoms with Crippen molar-refractivity contribution in [1.82, 2.24) is 19.4 Å². The maximum absolute atomic E-state index is 13.5. The van der Waals surface area contributed by atoms with Gasteiger partial charge in [-0.25, -0.2) is 4.98 Å². The van der Waals surface area contributed by atoms with Gasteiger partial charge in [-0.2, -0.15) is 0 Å². The number of carbonyl (C=O) groups excluding carboxylic acids is 2. The van der Waals surface area contributed by atoms with Crippen molar-refractivity contribution in [2.75, 3.05) is 19.6 Å². The molecular weight excluding hydrogens is 416 g/mol. The highest BCUT2D eigenvalue weighted by Gasteiger charge is 2.44. The number of hydrogen-bond donors (Lipinski definition) is 0. The summed E-state index contributed by atoms with van der Waals surface area (Å²) in [4.78, 5) is 47.8. The highest BCUT2D eigenvalue weighted by Crippen LogP contribution is 2.41. The molecule has 1 saturated carbocycles. The predicted octanol–water partition coefficient (Wildman–Crippen LogP) is 2.41. The summed E-state index contributed by atoms with van der Waals surface area (Å²) >= 11 is 0. The Morgan fingerprint density at radius 3 is 2.45 bits per heavy atom. The molecule has 0 bridgehead atoms. The second kappa shape index (κ2) is 7.82. The van der Waals surface area contributed by atoms with Gasteiger partial charge in [-0.15, -0.1) is 0 Å². The second-order valence-corrected chi connectivity index (χ2v) is 10.3. The molecule has 1 aromatic heterocycles. The SMILES string of the molecule is O=C(c1ccccc1)N1CCc2nc3n(c(=O)c2C1)CC1(CCN(C(=O)C2CCC2)CC1)C3. The van der Waals surface area contributed by atoms with Gasteiger partial charge in [0, 0.05) is 50.5 Å². The van der Waals surface area contributed by atoms with Crippen molar-refractivity contribution < 1.29 is 9.59 Å². The van der Waals surface area contributed by atoms with Crippen LogP contribution in [0.5, 0.6) is 0 Å². The summed E-state index contributed by atoms with van der Waals surface area (Å²) in [6, 6.07) is 9.25. The molecule has 4 heterocycles. The Balaban J connectivity index is 1.19. The van der Waals surface area contributed by atoms with Crippen molar-refractivity contribution >= 4 is 11.8 Å². The number of likely N-dealkylation sites (tertiary alicyclic amines) is 1. The first-order valence-corrected chi connectivity index (χ1v) is 12.3. The number of amides is 2. The minimum atomic E-state index is -0.0360. The molecule has 3 aliphatic heterocycles. The van der Waals surface area contributed by atoms with E-state index in [9.17, 15) is 14.4 Å². The summed E-state index contributed by atoms with van der Waals surface area (Å²) in [6.07, 6.45) is 6.55. The molecule has 33 heavy (non-hydrogen) atoms. The Labute approximate surface area is 193 Å². The third-order valence-corrected chi connectivity index (χ3v) is 8.32. The number of piperidine rings is 1. The number of rotatable bonds is 2. The zero-order valence-electron chi connectivity index (χ0n) is 19.0. The number of benzene rings is 1. The van der Waals surface area contributed by atoms with Crippen LogP contribution < -0.4 is 5.56 Å². The largest absolute Gasteiger partial charge is 0.342 e. The molecule has 1 aromatic carbocycles. The number of aromatic nitrogens is 2. The lowest BCUT2D eigenvalue weighted by atomic mass is 9.76. The Morgan fingerprint density at radius 2 is 1.76 bits per heavy atom. The Hall–Kier alpha value is -2.96. The molecule has 172 valence electrons. The summed E-state index contributed by atoms with van der Waals surface area (Å²) in [5.41, 5.74) is 2.23. The van der Waals surface area contributed by atoms with Gasteiger partial charge in [0.05, 0.1) is 17.8 Å². The lowest BCUT2D eigenvalue weighted by Crippen LogP contribution is -2.47. The number of carbonyl (C=O) groups is 2. The van der Waals surface area contributed by atoms with Gasteiger partial charge in [-0.05, 0) is 43.2 Å². The van der Waals surface area contributed by atoms with Crippen LogP contribution in [0.3, 0.4) is 0 Å². The number of hydrogen-bond acceptors (Lipinski definition) is 4. The first kappa shape index (κ1) is 20.6. The van der Waals surface area contributed by atoms with Crippen molar-refractivity contribution in [1.29, 1.82) is 0 Å². The van der Waals surface area contributed by atoms with Crippen LogP contribution in [0.15, 0.2) is 35.1 Å². The fourth-order valence-corrected chi connectivity index (χ4v) is 5.97. The normalized spacial score (nSPS) is 21.5. The van der Waals surface area contributed by atoms with Crippen LogP contribution in [-0.4, -0.2) is 50.8 Å². The van der Waals surface area contributed by atoms with E-state index < -0.39 is 0 Å². The first-order chi connectivity index (χ1) is 16.0. The van der Waals surface area contributed by atoms with E-state index in [4.69, 9.17) is 4.98 Å². The Bertz CT molecular complexity index is 1160. The zero-order valence-corrected chi connectivity index (χ0v) is 19.0. The molecule has 0 atom stereocenters. The molecular formula is C26H30N4O3. The molecule has 2 aromatic rings. The monoisotopic (exact) mass is 446 g/mol. The summed E-state index contributed by atoms with van der Waals surface area (Å²) in [6.45, 7) is 3.17. The summed E-state index contributed by atoms with van der Waals surface area (Å²) < 4.78 is 1.86. The van der Waals surface area contributed by atoms with E-state index in [2.05, 4.69) is 0 Å². The van der Waals surface area contributed by atoms with Crippen LogP contribution in [0.25, 0.3) is 0 Å². The average Bonchev–Trinajstić information content (AvgIpc) is 3.16. The highest BCUT2D eigenvalue weighted by molar-refractivity contribution is 5.94. The fraction of sp³-hybridized carbons (Fsp3) is 0.538. The van der Waals surface area contributed by atoms with E-state index in [-0.39, 0.29) is 22.8 Å². The third kappa shape index (κ3) is 3.49. The van der Waals surface area contributed by atoms with Crippen LogP contribution in [0, 0.1) is 11.3 Å². The third-order valence-electron chi connectivity index (χ3n) is 8.32. The van der Waals surface area contributed by atoms with Gasteiger partial charge >= 0.3 is 0 Å². The van der Waals surface area contributed by atoms with Crippen molar-refractivity contribution in [3.8, 4) is 0 Å². The van der Waals surface area contributed by atoms with E-state index in [0.29, 0.717) is 43.1 Å². The van der Waals surface area contributed by atoms with Gasteiger partial charge in [0.25, 0.3) is 11.5 Å². The summed E-state index contributed by atoms with van der Waals surface area (Å²) in [5, 5.41) is 0. The van der Waals surface area contributed by atoms with E-state index in [1.165, 1.54) is 6.42 Å². The van der Waals surface area contributed by atoms with Crippen molar-refractivity contribution in [2.24, 2.45) is 11.3 Å². The summed E-state index contributed by atoms with van der Waals surface area (Å²) in [7, 11) is 0. The Morgan fingerprint density at radius 1 is 1.00 bits per heavy atom. The molecule has 2 fully saturated rings. The van der Waals surface area contributed by atoms with Crippen molar-refractivity contribution in [3.05, 3.63) is 63.3 Å². The topological polar surface area (TPSA) is 75.5 Å². The molecule has 1 spiro atoms. The molecule has 0 N–H and O–H groups in total. The molecule has 1 saturated heterocycles. The van der Waals surface area contributed by atoms with Crippen LogP contribution in [0.4, 0.5) is 0 Å². The smallest absolute Gasteiger partial charge is 0.258 e. The molecule has 0 unspecified atom stereocenters. The van der Waals surface area contributed by atoms with E-state index in [1.807, 2.05) is 39.8 Å². The van der Waals surface area contributed by atoms with E-state index in [0.717, 1.165) is 56.7 Å². The lowest BCUT2D eigenvalue weighted by molar-refractivity contribution is -0.140. The van der Waals surface area contributed by atoms with Crippen LogP contribution in [-0.2, 0) is 30.7 Å². The molecule has 7 nitrogen and oxygen atoms in total. The van der Waals surface area contributed by atoms with Crippen molar-refractivity contribution in [3.63, 3.8) is 0 Å². The highest BCUT2D eigenvalue weighted by atomic mass is 16.2. The minimum Gasteiger partial charge on any atom is -0.342 e. The maximum atomic E-state index is 13.5. The summed E-state index contributed by atoms with van der Waals surface area (Å²) in [5.74, 6) is 1.43. The lowest BCUT2D eigenvalue weighted by Gasteiger charge is -2.41. The zero-order chi connectivity index (χ0) is 22.6.